The first-order valence-corrected chi connectivity index (χ1v) is 7.62. The summed E-state index contributed by atoms with van der Waals surface area (Å²) in [7, 11) is 0. The van der Waals surface area contributed by atoms with E-state index in [9.17, 15) is 4.39 Å². The van der Waals surface area contributed by atoms with Crippen LogP contribution in [0.5, 0.6) is 0 Å². The summed E-state index contributed by atoms with van der Waals surface area (Å²) in [5.74, 6) is 0.543. The number of halogens is 1. The zero-order valence-corrected chi connectivity index (χ0v) is 12.9. The maximum Gasteiger partial charge on any atom is 0.125 e. The van der Waals surface area contributed by atoms with Gasteiger partial charge >= 0.3 is 0 Å². The number of hydrogen-bond acceptors (Lipinski definition) is 2. The minimum Gasteiger partial charge on any atom is -0.398 e. The molecule has 0 bridgehead atoms. The highest BCUT2D eigenvalue weighted by Crippen LogP contribution is 2.29. The molecule has 0 aliphatic rings. The van der Waals surface area contributed by atoms with E-state index in [4.69, 9.17) is 5.73 Å². The van der Waals surface area contributed by atoms with Crippen molar-refractivity contribution >= 4 is 17.4 Å². The molecule has 2 aromatic carbocycles. The second-order valence-electron chi connectivity index (χ2n) is 5.92. The Balaban J connectivity index is 2.04. The van der Waals surface area contributed by atoms with E-state index in [0.29, 0.717) is 5.69 Å². The Morgan fingerprint density at radius 1 is 1.05 bits per heavy atom. The van der Waals surface area contributed by atoms with Crippen molar-refractivity contribution in [1.29, 1.82) is 0 Å². The van der Waals surface area contributed by atoms with Crippen LogP contribution in [0.2, 0.25) is 0 Å². The number of nitrogens with two attached hydrogens (primary N) is 1. The highest BCUT2D eigenvalue weighted by atomic mass is 32.2. The van der Waals surface area contributed by atoms with Gasteiger partial charge in [0.25, 0.3) is 0 Å². The summed E-state index contributed by atoms with van der Waals surface area (Å²) < 4.78 is 13.0. The molecule has 1 nitrogen and oxygen atoms in total. The van der Waals surface area contributed by atoms with Crippen LogP contribution in [0.15, 0.2) is 47.4 Å². The molecule has 0 saturated heterocycles. The zero-order chi connectivity index (χ0) is 14.8. The molecule has 0 fully saturated rings. The lowest BCUT2D eigenvalue weighted by Crippen LogP contribution is -2.10. The monoisotopic (exact) mass is 289 g/mol. The van der Waals surface area contributed by atoms with E-state index < -0.39 is 0 Å². The Bertz CT molecular complexity index is 585. The molecular weight excluding hydrogens is 269 g/mol. The van der Waals surface area contributed by atoms with Crippen molar-refractivity contribution in [2.75, 3.05) is 5.73 Å². The lowest BCUT2D eigenvalue weighted by Gasteiger charge is -2.19. The number of nitrogen functional groups attached to an aromatic ring is 1. The van der Waals surface area contributed by atoms with Gasteiger partial charge in [0.1, 0.15) is 5.82 Å². The van der Waals surface area contributed by atoms with Crippen molar-refractivity contribution in [2.24, 2.45) is 0 Å². The van der Waals surface area contributed by atoms with Gasteiger partial charge in [0.05, 0.1) is 0 Å². The first-order chi connectivity index (χ1) is 9.36. The molecule has 2 N–H and O–H groups in total. The van der Waals surface area contributed by atoms with Gasteiger partial charge in [-0.25, -0.2) is 4.39 Å². The molecule has 0 aliphatic carbocycles. The average Bonchev–Trinajstić information content (AvgIpc) is 2.37. The van der Waals surface area contributed by atoms with Crippen LogP contribution in [0.25, 0.3) is 0 Å². The molecule has 0 amide bonds. The summed E-state index contributed by atoms with van der Waals surface area (Å²) in [6.07, 6.45) is 0. The van der Waals surface area contributed by atoms with Crippen molar-refractivity contribution in [3.8, 4) is 0 Å². The smallest absolute Gasteiger partial charge is 0.125 e. The Morgan fingerprint density at radius 2 is 1.70 bits per heavy atom. The molecule has 0 aliphatic heterocycles. The second-order valence-corrected chi connectivity index (χ2v) is 6.93. The molecule has 0 saturated carbocycles. The third-order valence-corrected chi connectivity index (χ3v) is 4.35. The highest BCUT2D eigenvalue weighted by Gasteiger charge is 2.12. The zero-order valence-electron chi connectivity index (χ0n) is 12.1. The summed E-state index contributed by atoms with van der Waals surface area (Å²) in [5, 5.41) is 0. The van der Waals surface area contributed by atoms with Gasteiger partial charge in [0.2, 0.25) is 0 Å². The normalized spacial score (nSPS) is 11.6. The van der Waals surface area contributed by atoms with E-state index in [1.165, 1.54) is 23.3 Å². The van der Waals surface area contributed by atoms with Gasteiger partial charge in [0, 0.05) is 16.3 Å². The van der Waals surface area contributed by atoms with Gasteiger partial charge < -0.3 is 5.73 Å². The molecule has 0 radical (unpaired) electrons. The van der Waals surface area contributed by atoms with Gasteiger partial charge in [-0.1, -0.05) is 45.0 Å². The predicted molar refractivity (Wildman–Crippen MR) is 85.5 cm³/mol. The van der Waals surface area contributed by atoms with E-state index >= 15 is 0 Å². The Morgan fingerprint density at radius 3 is 2.25 bits per heavy atom. The highest BCUT2D eigenvalue weighted by molar-refractivity contribution is 7.98. The summed E-state index contributed by atoms with van der Waals surface area (Å²) in [4.78, 5) is 0.922. The van der Waals surface area contributed by atoms with E-state index in [-0.39, 0.29) is 11.2 Å². The maximum absolute atomic E-state index is 13.0. The quantitative estimate of drug-likeness (QED) is 0.636. The van der Waals surface area contributed by atoms with Crippen LogP contribution in [-0.4, -0.2) is 0 Å². The lowest BCUT2D eigenvalue weighted by molar-refractivity contribution is 0.590. The van der Waals surface area contributed by atoms with E-state index in [2.05, 4.69) is 45.0 Å². The van der Waals surface area contributed by atoms with E-state index in [1.54, 1.807) is 17.8 Å². The van der Waals surface area contributed by atoms with Crippen molar-refractivity contribution in [3.05, 3.63) is 59.4 Å². The number of rotatable bonds is 3. The van der Waals surface area contributed by atoms with E-state index in [1.807, 2.05) is 0 Å². The Kier molecular flexibility index (Phi) is 4.39. The molecule has 0 aromatic heterocycles. The van der Waals surface area contributed by atoms with Gasteiger partial charge in [0.15, 0.2) is 0 Å². The van der Waals surface area contributed by atoms with Gasteiger partial charge in [-0.15, -0.1) is 11.8 Å². The summed E-state index contributed by atoms with van der Waals surface area (Å²) >= 11 is 1.63. The van der Waals surface area contributed by atoms with Crippen LogP contribution in [-0.2, 0) is 11.2 Å². The number of thioether (sulfide) groups is 1. The molecule has 20 heavy (non-hydrogen) atoms. The van der Waals surface area contributed by atoms with Crippen LogP contribution in [0.4, 0.5) is 10.1 Å². The Labute approximate surface area is 124 Å². The van der Waals surface area contributed by atoms with Crippen molar-refractivity contribution in [2.45, 2.75) is 36.8 Å². The summed E-state index contributed by atoms with van der Waals surface area (Å²) in [6, 6.07) is 13.2. The fourth-order valence-corrected chi connectivity index (χ4v) is 2.82. The number of hydrogen-bond donors (Lipinski definition) is 1. The fraction of sp³-hybridized carbons (Fsp3) is 0.294. The predicted octanol–water partition coefficient (Wildman–Crippen LogP) is 5.00. The molecule has 0 atom stereocenters. The molecule has 2 aromatic rings. The average molecular weight is 289 g/mol. The van der Waals surface area contributed by atoms with Crippen molar-refractivity contribution in [3.63, 3.8) is 0 Å². The first-order valence-electron chi connectivity index (χ1n) is 6.63. The molecule has 0 unspecified atom stereocenters. The van der Waals surface area contributed by atoms with Crippen molar-refractivity contribution < 1.29 is 4.39 Å². The Hall–Kier alpha value is -1.48. The second kappa shape index (κ2) is 5.88. The fourth-order valence-electron chi connectivity index (χ4n) is 1.91. The number of anilines is 1. The molecular formula is C17H20FNS. The topological polar surface area (TPSA) is 26.0 Å². The summed E-state index contributed by atoms with van der Waals surface area (Å²) in [6.45, 7) is 6.61. The molecule has 0 heterocycles. The molecule has 2 rings (SSSR count). The van der Waals surface area contributed by atoms with Crippen LogP contribution in [0.1, 0.15) is 31.9 Å². The van der Waals surface area contributed by atoms with Crippen molar-refractivity contribution in [1.82, 2.24) is 0 Å². The van der Waals surface area contributed by atoms with Gasteiger partial charge in [-0.2, -0.15) is 0 Å². The third kappa shape index (κ3) is 3.76. The van der Waals surface area contributed by atoms with Crippen LogP contribution >= 0.6 is 11.8 Å². The molecule has 0 spiro atoms. The molecule has 3 heteroatoms. The summed E-state index contributed by atoms with van der Waals surface area (Å²) in [5.41, 5.74) is 9.05. The largest absolute Gasteiger partial charge is 0.398 e. The minimum absolute atomic E-state index is 0.174. The third-order valence-electron chi connectivity index (χ3n) is 3.19. The first kappa shape index (κ1) is 14.9. The van der Waals surface area contributed by atoms with Gasteiger partial charge in [-0.3, -0.25) is 0 Å². The van der Waals surface area contributed by atoms with Gasteiger partial charge in [-0.05, 0) is 34.7 Å². The van der Waals surface area contributed by atoms with Crippen LogP contribution < -0.4 is 5.73 Å². The van der Waals surface area contributed by atoms with Crippen LogP contribution in [0, 0.1) is 5.82 Å². The lowest BCUT2D eigenvalue weighted by atomic mass is 9.87. The number of benzene rings is 2. The minimum atomic E-state index is -0.290. The molecule has 106 valence electrons. The maximum atomic E-state index is 13.0. The standard InChI is InChI=1S/C17H20FNS/c1-17(2,3)13-6-4-12(5-7-13)11-20-16-9-8-14(18)10-15(16)19/h4-10H,11,19H2,1-3H3. The van der Waals surface area contributed by atoms with E-state index in [0.717, 1.165) is 10.6 Å². The SMILES string of the molecule is CC(C)(C)c1ccc(CSc2ccc(F)cc2N)cc1. The van der Waals surface area contributed by atoms with Crippen LogP contribution in [0.3, 0.4) is 0 Å².